The van der Waals surface area contributed by atoms with Crippen molar-refractivity contribution in [1.82, 2.24) is 0 Å². The van der Waals surface area contributed by atoms with Crippen molar-refractivity contribution in [3.05, 3.63) is 66.2 Å². The van der Waals surface area contributed by atoms with E-state index in [1.807, 2.05) is 0 Å². The van der Waals surface area contributed by atoms with Crippen LogP contribution in [0.2, 0.25) is 0 Å². The molecule has 1 amide bonds. The lowest BCUT2D eigenvalue weighted by Gasteiger charge is -2.39. The molecule has 0 aliphatic heterocycles. The van der Waals surface area contributed by atoms with Crippen LogP contribution in [0.4, 0.5) is 10.5 Å². The first-order valence-electron chi connectivity index (χ1n) is 8.03. The number of hydrogen-bond donors (Lipinski definition) is 1. The molecule has 0 radical (unpaired) electrons. The van der Waals surface area contributed by atoms with Crippen molar-refractivity contribution in [3.63, 3.8) is 0 Å². The summed E-state index contributed by atoms with van der Waals surface area (Å²) in [6.07, 6.45) is -0.715. The summed E-state index contributed by atoms with van der Waals surface area (Å²) < 4.78 is 5.50. The molecule has 0 spiro atoms. The van der Waals surface area contributed by atoms with E-state index in [1.165, 1.54) is 11.8 Å². The maximum atomic E-state index is 12.9. The van der Waals surface area contributed by atoms with Crippen molar-refractivity contribution >= 4 is 17.7 Å². The fourth-order valence-electron chi connectivity index (χ4n) is 2.54. The average Bonchev–Trinajstić information content (AvgIpc) is 2.54. The van der Waals surface area contributed by atoms with E-state index in [-0.39, 0.29) is 0 Å². The molecule has 2 aromatic carbocycles. The quantitative estimate of drug-likeness (QED) is 0.893. The molecule has 0 aromatic heterocycles. The number of anilines is 1. The number of nitrogens with zero attached hydrogens (tertiary/aromatic N) is 1. The Morgan fingerprint density at radius 1 is 0.880 bits per heavy atom. The Kier molecular flexibility index (Phi) is 5.16. The summed E-state index contributed by atoms with van der Waals surface area (Å²) in [5, 5.41) is 10.0. The monoisotopic (exact) mass is 341 g/mol. The van der Waals surface area contributed by atoms with Crippen LogP contribution >= 0.6 is 0 Å². The predicted octanol–water partition coefficient (Wildman–Crippen LogP) is 4.43. The highest BCUT2D eigenvalue weighted by Crippen LogP contribution is 2.35. The Balaban J connectivity index is 2.63. The Bertz CT molecular complexity index is 737. The number of carbonyl (C=O) groups excluding carboxylic acids is 1. The highest BCUT2D eigenvalue weighted by molar-refractivity contribution is 5.98. The van der Waals surface area contributed by atoms with Crippen LogP contribution in [0, 0.1) is 0 Å². The van der Waals surface area contributed by atoms with Crippen molar-refractivity contribution in [2.45, 2.75) is 38.8 Å². The molecule has 1 N–H and O–H groups in total. The Hall–Kier alpha value is -2.82. The van der Waals surface area contributed by atoms with Crippen molar-refractivity contribution < 1.29 is 19.4 Å². The van der Waals surface area contributed by atoms with Crippen LogP contribution < -0.4 is 4.90 Å². The van der Waals surface area contributed by atoms with E-state index < -0.39 is 23.2 Å². The van der Waals surface area contributed by atoms with Crippen LogP contribution in [-0.4, -0.2) is 22.8 Å². The van der Waals surface area contributed by atoms with Gasteiger partial charge in [-0.2, -0.15) is 0 Å². The molecule has 2 aromatic rings. The summed E-state index contributed by atoms with van der Waals surface area (Å²) in [6, 6.07) is 17.3. The summed E-state index contributed by atoms with van der Waals surface area (Å²) >= 11 is 0. The largest absolute Gasteiger partial charge is 0.479 e. The standard InChI is InChI=1S/C20H23NO4/c1-19(2,3)25-18(24)21(16-13-9-6-10-14-16)20(4,17(22)23)15-11-7-5-8-12-15/h5-14H,1-4H3,(H,22,23)/t20-/m1/s1. The van der Waals surface area contributed by atoms with Crippen LogP contribution in [0.3, 0.4) is 0 Å². The molecule has 25 heavy (non-hydrogen) atoms. The van der Waals surface area contributed by atoms with Gasteiger partial charge in [0.2, 0.25) is 0 Å². The molecule has 132 valence electrons. The smallest absolute Gasteiger partial charge is 0.416 e. The van der Waals surface area contributed by atoms with E-state index in [2.05, 4.69) is 0 Å². The molecule has 5 nitrogen and oxygen atoms in total. The maximum Gasteiger partial charge on any atom is 0.416 e. The summed E-state index contributed by atoms with van der Waals surface area (Å²) in [5.74, 6) is -1.14. The molecule has 2 rings (SSSR count). The van der Waals surface area contributed by atoms with Gasteiger partial charge in [-0.3, -0.25) is 4.90 Å². The van der Waals surface area contributed by atoms with Gasteiger partial charge in [0.05, 0.1) is 0 Å². The van der Waals surface area contributed by atoms with Crippen molar-refractivity contribution in [2.75, 3.05) is 4.90 Å². The zero-order chi connectivity index (χ0) is 18.7. The highest BCUT2D eigenvalue weighted by Gasteiger charge is 2.46. The predicted molar refractivity (Wildman–Crippen MR) is 96.6 cm³/mol. The zero-order valence-electron chi connectivity index (χ0n) is 14.9. The maximum absolute atomic E-state index is 12.9. The van der Waals surface area contributed by atoms with Gasteiger partial charge < -0.3 is 9.84 Å². The Morgan fingerprint density at radius 2 is 1.36 bits per heavy atom. The van der Waals surface area contributed by atoms with E-state index in [9.17, 15) is 14.7 Å². The molecule has 0 fully saturated rings. The first-order valence-corrected chi connectivity index (χ1v) is 8.03. The van der Waals surface area contributed by atoms with E-state index >= 15 is 0 Å². The fourth-order valence-corrected chi connectivity index (χ4v) is 2.54. The molecule has 0 heterocycles. The molecule has 0 saturated heterocycles. The fraction of sp³-hybridized carbons (Fsp3) is 0.300. The molecule has 0 saturated carbocycles. The number of ether oxygens (including phenoxy) is 1. The van der Waals surface area contributed by atoms with E-state index in [0.29, 0.717) is 11.3 Å². The molecule has 1 atom stereocenters. The molecule has 5 heteroatoms. The van der Waals surface area contributed by atoms with Gasteiger partial charge in [0.25, 0.3) is 0 Å². The highest BCUT2D eigenvalue weighted by atomic mass is 16.6. The van der Waals surface area contributed by atoms with Gasteiger partial charge in [0.1, 0.15) is 5.60 Å². The number of para-hydroxylation sites is 1. The third-order valence-corrected chi connectivity index (χ3v) is 3.79. The number of benzene rings is 2. The van der Waals surface area contributed by atoms with Gasteiger partial charge in [-0.25, -0.2) is 9.59 Å². The van der Waals surface area contributed by atoms with Crippen molar-refractivity contribution in [1.29, 1.82) is 0 Å². The summed E-state index contributed by atoms with van der Waals surface area (Å²) in [5.41, 5.74) is -1.44. The summed E-state index contributed by atoms with van der Waals surface area (Å²) in [7, 11) is 0. The number of rotatable bonds is 4. The topological polar surface area (TPSA) is 66.8 Å². The summed E-state index contributed by atoms with van der Waals surface area (Å²) in [4.78, 5) is 26.4. The lowest BCUT2D eigenvalue weighted by molar-refractivity contribution is -0.143. The minimum atomic E-state index is -1.62. The molecule has 0 aliphatic rings. The Morgan fingerprint density at radius 3 is 1.80 bits per heavy atom. The SMILES string of the molecule is CC(C)(C)OC(=O)N(c1ccccc1)[C@@](C)(C(=O)O)c1ccccc1. The van der Waals surface area contributed by atoms with Gasteiger partial charge in [-0.1, -0.05) is 48.5 Å². The number of aliphatic carboxylic acids is 1. The van der Waals surface area contributed by atoms with E-state index in [4.69, 9.17) is 4.74 Å². The second kappa shape index (κ2) is 6.97. The molecule has 0 aliphatic carbocycles. The molecule has 0 bridgehead atoms. The first-order chi connectivity index (χ1) is 11.7. The lowest BCUT2D eigenvalue weighted by atomic mass is 9.89. The number of hydrogen-bond acceptors (Lipinski definition) is 3. The number of carbonyl (C=O) groups is 2. The van der Waals surface area contributed by atoms with Crippen molar-refractivity contribution in [3.8, 4) is 0 Å². The minimum Gasteiger partial charge on any atom is -0.479 e. The van der Waals surface area contributed by atoms with Gasteiger partial charge in [-0.15, -0.1) is 0 Å². The van der Waals surface area contributed by atoms with Gasteiger partial charge in [0.15, 0.2) is 5.54 Å². The normalized spacial score (nSPS) is 13.6. The Labute approximate surface area is 147 Å². The van der Waals surface area contributed by atoms with Gasteiger partial charge in [0, 0.05) is 5.69 Å². The number of carboxylic acid groups (broad SMARTS) is 1. The van der Waals surface area contributed by atoms with Crippen molar-refractivity contribution in [2.24, 2.45) is 0 Å². The number of carboxylic acids is 1. The minimum absolute atomic E-state index is 0.450. The van der Waals surface area contributed by atoms with Crippen LogP contribution in [0.15, 0.2) is 60.7 Å². The average molecular weight is 341 g/mol. The van der Waals surface area contributed by atoms with Gasteiger partial charge >= 0.3 is 12.1 Å². The lowest BCUT2D eigenvalue weighted by Crippen LogP contribution is -2.54. The molecule has 0 unspecified atom stereocenters. The van der Waals surface area contributed by atoms with Crippen LogP contribution in [0.1, 0.15) is 33.3 Å². The first kappa shape index (κ1) is 18.5. The number of amides is 1. The third kappa shape index (κ3) is 3.99. The molecular weight excluding hydrogens is 318 g/mol. The van der Waals surface area contributed by atoms with E-state index in [1.54, 1.807) is 81.4 Å². The van der Waals surface area contributed by atoms with Crippen LogP contribution in [0.5, 0.6) is 0 Å². The second-order valence-electron chi connectivity index (χ2n) is 6.89. The zero-order valence-corrected chi connectivity index (χ0v) is 14.9. The van der Waals surface area contributed by atoms with Crippen LogP contribution in [-0.2, 0) is 15.1 Å². The van der Waals surface area contributed by atoms with E-state index in [0.717, 1.165) is 0 Å². The molecular formula is C20H23NO4. The second-order valence-corrected chi connectivity index (χ2v) is 6.89. The summed E-state index contributed by atoms with van der Waals surface area (Å²) in [6.45, 7) is 6.74. The van der Waals surface area contributed by atoms with Crippen LogP contribution in [0.25, 0.3) is 0 Å². The third-order valence-electron chi connectivity index (χ3n) is 3.79. The van der Waals surface area contributed by atoms with Gasteiger partial charge in [-0.05, 0) is 45.4 Å².